The number of amides is 1. The highest BCUT2D eigenvalue weighted by Crippen LogP contribution is 2.44. The summed E-state index contributed by atoms with van der Waals surface area (Å²) < 4.78 is 34.2. The number of carbonyl (C=O) groups is 1. The number of primary sulfonamides is 1. The van der Waals surface area contributed by atoms with Crippen LogP contribution in [0.5, 0.6) is 11.5 Å². The van der Waals surface area contributed by atoms with Crippen LogP contribution in [0.4, 0.5) is 0 Å². The van der Waals surface area contributed by atoms with Crippen LogP contribution in [0.25, 0.3) is 0 Å². The first kappa shape index (κ1) is 19.9. The van der Waals surface area contributed by atoms with Crippen LogP contribution in [0.3, 0.4) is 0 Å². The van der Waals surface area contributed by atoms with Crippen LogP contribution in [0.15, 0.2) is 17.0 Å². The van der Waals surface area contributed by atoms with E-state index in [0.29, 0.717) is 5.92 Å². The summed E-state index contributed by atoms with van der Waals surface area (Å²) in [6.45, 7) is 2.99. The summed E-state index contributed by atoms with van der Waals surface area (Å²) in [6, 6.07) is 2.67. The largest absolute Gasteiger partial charge is 0.493 e. The van der Waals surface area contributed by atoms with Gasteiger partial charge in [-0.1, -0.05) is 0 Å². The minimum absolute atomic E-state index is 0.0887. The molecule has 3 rings (SSSR count). The molecule has 2 aliphatic rings. The topological polar surface area (TPSA) is 120 Å². The van der Waals surface area contributed by atoms with E-state index in [2.05, 4.69) is 17.6 Å². The van der Waals surface area contributed by atoms with Crippen molar-refractivity contribution in [1.29, 1.82) is 0 Å². The van der Waals surface area contributed by atoms with Gasteiger partial charge in [0.15, 0.2) is 11.5 Å². The second-order valence-electron chi connectivity index (χ2n) is 7.41. The molecule has 0 radical (unpaired) electrons. The summed E-state index contributed by atoms with van der Waals surface area (Å²) in [4.78, 5) is 13.0. The van der Waals surface area contributed by atoms with Crippen molar-refractivity contribution in [2.24, 2.45) is 11.1 Å². The fourth-order valence-corrected chi connectivity index (χ4v) is 4.49. The number of methoxy groups -OCH3 is 2. The zero-order valence-electron chi connectivity index (χ0n) is 15.9. The van der Waals surface area contributed by atoms with Crippen LogP contribution >= 0.6 is 0 Å². The zero-order chi connectivity index (χ0) is 19.8. The Hall–Kier alpha value is -1.84. The molecule has 2 unspecified atom stereocenters. The van der Waals surface area contributed by atoms with Gasteiger partial charge in [-0.3, -0.25) is 4.79 Å². The number of nitrogens with two attached hydrogens (primary N) is 1. The highest BCUT2D eigenvalue weighted by atomic mass is 32.2. The summed E-state index contributed by atoms with van der Waals surface area (Å²) in [7, 11) is -1.22. The summed E-state index contributed by atoms with van der Waals surface area (Å²) in [6.07, 6.45) is 4.19. The Kier molecular flexibility index (Phi) is 5.38. The Morgan fingerprint density at radius 1 is 1.26 bits per heavy atom. The average molecular weight is 397 g/mol. The van der Waals surface area contributed by atoms with E-state index in [4.69, 9.17) is 14.6 Å². The molecule has 150 valence electrons. The van der Waals surface area contributed by atoms with Gasteiger partial charge in [-0.2, -0.15) is 0 Å². The van der Waals surface area contributed by atoms with Crippen LogP contribution < -0.4 is 25.2 Å². The maximum atomic E-state index is 13.2. The summed E-state index contributed by atoms with van der Waals surface area (Å²) in [5, 5.41) is 11.9. The van der Waals surface area contributed by atoms with Gasteiger partial charge in [-0.25, -0.2) is 13.6 Å². The number of sulfonamides is 1. The Balaban J connectivity index is 1.99. The molecule has 1 heterocycles. The molecule has 1 aromatic rings. The molecule has 1 amide bonds. The second kappa shape index (κ2) is 7.29. The van der Waals surface area contributed by atoms with E-state index in [1.807, 2.05) is 0 Å². The minimum Gasteiger partial charge on any atom is -0.493 e. The molecule has 9 heteroatoms. The molecule has 1 saturated heterocycles. The smallest absolute Gasteiger partial charge is 0.255 e. The van der Waals surface area contributed by atoms with Gasteiger partial charge in [-0.15, -0.1) is 0 Å². The third-order valence-electron chi connectivity index (χ3n) is 5.62. The molecule has 1 aliphatic heterocycles. The molecular weight excluding hydrogens is 370 g/mol. The Labute approximate surface area is 159 Å². The van der Waals surface area contributed by atoms with Gasteiger partial charge in [-0.05, 0) is 51.1 Å². The van der Waals surface area contributed by atoms with Crippen molar-refractivity contribution in [1.82, 2.24) is 10.6 Å². The predicted octanol–water partition coefficient (Wildman–Crippen LogP) is 1.00. The highest BCUT2D eigenvalue weighted by molar-refractivity contribution is 7.89. The standard InChI is InChI=1S/C18H27N3O5S/c1-18(11-6-7-11,15-5-4-8-20-15)21-17(22)13-9-12(27(19,23)24)10-14(25-2)16(13)26-3/h9-11,15,20H,4-8H2,1-3H3,(H,21,22)(H2,19,23,24). The fraction of sp³-hybridized carbons (Fsp3) is 0.611. The lowest BCUT2D eigenvalue weighted by atomic mass is 9.85. The normalized spacial score (nSPS) is 22.1. The van der Waals surface area contributed by atoms with Crippen LogP contribution in [0, 0.1) is 5.92 Å². The van der Waals surface area contributed by atoms with Crippen LogP contribution in [0.1, 0.15) is 43.0 Å². The molecule has 2 fully saturated rings. The number of hydrogen-bond acceptors (Lipinski definition) is 6. The lowest BCUT2D eigenvalue weighted by molar-refractivity contribution is 0.0864. The fourth-order valence-electron chi connectivity index (χ4n) is 3.94. The van der Waals surface area contributed by atoms with E-state index >= 15 is 0 Å². The molecule has 1 aliphatic carbocycles. The molecule has 1 aromatic carbocycles. The summed E-state index contributed by atoms with van der Waals surface area (Å²) >= 11 is 0. The van der Waals surface area contributed by atoms with Crippen molar-refractivity contribution in [3.8, 4) is 11.5 Å². The van der Waals surface area contributed by atoms with Gasteiger partial charge in [0, 0.05) is 12.1 Å². The first-order valence-electron chi connectivity index (χ1n) is 9.05. The quantitative estimate of drug-likeness (QED) is 0.631. The van der Waals surface area contributed by atoms with Crippen molar-refractivity contribution >= 4 is 15.9 Å². The Bertz CT molecular complexity index is 832. The van der Waals surface area contributed by atoms with E-state index in [-0.39, 0.29) is 28.0 Å². The summed E-state index contributed by atoms with van der Waals surface area (Å²) in [5.41, 5.74) is -0.325. The van der Waals surface area contributed by atoms with Crippen molar-refractivity contribution < 1.29 is 22.7 Å². The number of hydrogen-bond donors (Lipinski definition) is 3. The van der Waals surface area contributed by atoms with E-state index in [0.717, 1.165) is 32.2 Å². The molecule has 8 nitrogen and oxygen atoms in total. The zero-order valence-corrected chi connectivity index (χ0v) is 16.7. The van der Waals surface area contributed by atoms with Crippen molar-refractivity contribution in [2.75, 3.05) is 20.8 Å². The Morgan fingerprint density at radius 2 is 1.96 bits per heavy atom. The van der Waals surface area contributed by atoms with Gasteiger partial charge in [0.25, 0.3) is 5.91 Å². The van der Waals surface area contributed by atoms with Gasteiger partial charge in [0.05, 0.1) is 30.2 Å². The van der Waals surface area contributed by atoms with Crippen LogP contribution in [-0.2, 0) is 10.0 Å². The lowest BCUT2D eigenvalue weighted by Gasteiger charge is -2.37. The van der Waals surface area contributed by atoms with E-state index in [9.17, 15) is 13.2 Å². The van der Waals surface area contributed by atoms with Crippen molar-refractivity contribution in [2.45, 2.75) is 49.1 Å². The molecule has 0 spiro atoms. The van der Waals surface area contributed by atoms with Gasteiger partial charge in [0.1, 0.15) is 0 Å². The van der Waals surface area contributed by atoms with Crippen LogP contribution in [-0.4, -0.2) is 46.7 Å². The lowest BCUT2D eigenvalue weighted by Crippen LogP contribution is -2.59. The molecule has 0 bridgehead atoms. The maximum Gasteiger partial charge on any atom is 0.255 e. The van der Waals surface area contributed by atoms with E-state index < -0.39 is 21.5 Å². The van der Waals surface area contributed by atoms with Crippen LogP contribution in [0.2, 0.25) is 0 Å². The molecule has 27 heavy (non-hydrogen) atoms. The molecule has 2 atom stereocenters. The SMILES string of the molecule is COc1cc(S(N)(=O)=O)cc(C(=O)NC(C)(C2CC2)C2CCCN2)c1OC. The third-order valence-corrected chi connectivity index (χ3v) is 6.51. The number of nitrogens with one attached hydrogen (secondary N) is 2. The predicted molar refractivity (Wildman–Crippen MR) is 101 cm³/mol. The number of benzene rings is 1. The van der Waals surface area contributed by atoms with Gasteiger partial charge in [0.2, 0.25) is 10.0 Å². The van der Waals surface area contributed by atoms with E-state index in [1.165, 1.54) is 26.4 Å². The molecule has 1 saturated carbocycles. The molecule has 0 aromatic heterocycles. The van der Waals surface area contributed by atoms with Gasteiger partial charge < -0.3 is 20.1 Å². The highest BCUT2D eigenvalue weighted by Gasteiger charge is 2.48. The first-order valence-corrected chi connectivity index (χ1v) is 10.6. The number of carbonyl (C=O) groups excluding carboxylic acids is 1. The maximum absolute atomic E-state index is 13.2. The summed E-state index contributed by atoms with van der Waals surface area (Å²) in [5.74, 6) is 0.311. The minimum atomic E-state index is -4.01. The third kappa shape index (κ3) is 3.90. The number of rotatable bonds is 7. The number of ether oxygens (including phenoxy) is 2. The average Bonchev–Trinajstić information content (AvgIpc) is 3.34. The monoisotopic (exact) mass is 397 g/mol. The Morgan fingerprint density at radius 3 is 2.44 bits per heavy atom. The first-order chi connectivity index (χ1) is 12.7. The van der Waals surface area contributed by atoms with Crippen molar-refractivity contribution in [3.63, 3.8) is 0 Å². The molecule has 4 N–H and O–H groups in total. The second-order valence-corrected chi connectivity index (χ2v) is 8.97. The van der Waals surface area contributed by atoms with E-state index in [1.54, 1.807) is 0 Å². The van der Waals surface area contributed by atoms with Gasteiger partial charge >= 0.3 is 0 Å². The molecular formula is C18H27N3O5S. The van der Waals surface area contributed by atoms with Crippen molar-refractivity contribution in [3.05, 3.63) is 17.7 Å².